The van der Waals surface area contributed by atoms with E-state index in [1.165, 1.54) is 32.1 Å². The number of hydrogen-bond donors (Lipinski definition) is 1. The van der Waals surface area contributed by atoms with Crippen LogP contribution in [0.25, 0.3) is 0 Å². The van der Waals surface area contributed by atoms with E-state index >= 15 is 0 Å². The van der Waals surface area contributed by atoms with Crippen molar-refractivity contribution in [2.24, 2.45) is 0 Å². The summed E-state index contributed by atoms with van der Waals surface area (Å²) >= 11 is 0. The van der Waals surface area contributed by atoms with E-state index in [4.69, 9.17) is 15.2 Å². The molecule has 1 saturated carbocycles. The Bertz CT molecular complexity index is 401. The summed E-state index contributed by atoms with van der Waals surface area (Å²) in [7, 11) is 1.51. The zero-order valence-electron chi connectivity index (χ0n) is 10.7. The van der Waals surface area contributed by atoms with Crippen molar-refractivity contribution in [3.05, 3.63) is 17.9 Å². The minimum absolute atomic E-state index is 0.107. The van der Waals surface area contributed by atoms with Gasteiger partial charge in [-0.2, -0.15) is 0 Å². The molecule has 0 amide bonds. The topological polar surface area (TPSA) is 44.5 Å². The molecule has 2 rings (SSSR count). The summed E-state index contributed by atoms with van der Waals surface area (Å²) in [6.45, 7) is 0. The fourth-order valence-electron chi connectivity index (χ4n) is 2.36. The van der Waals surface area contributed by atoms with E-state index in [1.54, 1.807) is 0 Å². The van der Waals surface area contributed by atoms with E-state index in [2.05, 4.69) is 0 Å². The van der Waals surface area contributed by atoms with Gasteiger partial charge >= 0.3 is 0 Å². The predicted octanol–water partition coefficient (Wildman–Crippen LogP) is 3.52. The molecule has 4 heteroatoms. The lowest BCUT2D eigenvalue weighted by Crippen LogP contribution is -2.16. The Kier molecular flexibility index (Phi) is 4.28. The van der Waals surface area contributed by atoms with Crippen LogP contribution in [0.5, 0.6) is 11.5 Å². The van der Waals surface area contributed by atoms with Gasteiger partial charge in [-0.3, -0.25) is 0 Å². The van der Waals surface area contributed by atoms with Crippen molar-refractivity contribution >= 4 is 5.69 Å². The number of halogens is 1. The van der Waals surface area contributed by atoms with Crippen LogP contribution in [0.3, 0.4) is 0 Å². The first-order valence-electron chi connectivity index (χ1n) is 6.50. The number of benzene rings is 1. The highest BCUT2D eigenvalue weighted by molar-refractivity contribution is 5.56. The third-order valence-electron chi connectivity index (χ3n) is 3.38. The summed E-state index contributed by atoms with van der Waals surface area (Å²) < 4.78 is 24.6. The van der Waals surface area contributed by atoms with Gasteiger partial charge < -0.3 is 15.2 Å². The maximum absolute atomic E-state index is 13.8. The Labute approximate surface area is 107 Å². The van der Waals surface area contributed by atoms with Gasteiger partial charge in [0, 0.05) is 12.1 Å². The predicted molar refractivity (Wildman–Crippen MR) is 69.5 cm³/mol. The standard InChI is InChI=1S/C14H20FNO2/c1-17-14-9-13(11(15)8-12(14)16)18-10-6-4-2-3-5-7-10/h8-10H,2-7,16H2,1H3. The average Bonchev–Trinajstić information content (AvgIpc) is 2.61. The lowest BCUT2D eigenvalue weighted by molar-refractivity contribution is 0.175. The minimum Gasteiger partial charge on any atom is -0.494 e. The van der Waals surface area contributed by atoms with Crippen LogP contribution in [-0.4, -0.2) is 13.2 Å². The molecule has 3 nitrogen and oxygen atoms in total. The molecule has 0 aromatic heterocycles. The highest BCUT2D eigenvalue weighted by Gasteiger charge is 2.17. The van der Waals surface area contributed by atoms with Gasteiger partial charge in [-0.15, -0.1) is 0 Å². The molecule has 1 aliphatic rings. The number of hydrogen-bond acceptors (Lipinski definition) is 3. The van der Waals surface area contributed by atoms with E-state index in [9.17, 15) is 4.39 Å². The Morgan fingerprint density at radius 3 is 2.39 bits per heavy atom. The normalized spacial score (nSPS) is 17.2. The van der Waals surface area contributed by atoms with Gasteiger partial charge in [-0.05, 0) is 25.7 Å². The molecular weight excluding hydrogens is 233 g/mol. The number of ether oxygens (including phenoxy) is 2. The summed E-state index contributed by atoms with van der Waals surface area (Å²) in [5.74, 6) is 0.283. The third kappa shape index (κ3) is 3.06. The van der Waals surface area contributed by atoms with Crippen LogP contribution >= 0.6 is 0 Å². The Hall–Kier alpha value is -1.45. The van der Waals surface area contributed by atoms with Gasteiger partial charge in [0.25, 0.3) is 0 Å². The molecule has 1 aliphatic carbocycles. The summed E-state index contributed by atoms with van der Waals surface area (Å²) in [5, 5.41) is 0. The van der Waals surface area contributed by atoms with Crippen molar-refractivity contribution in [1.82, 2.24) is 0 Å². The number of anilines is 1. The van der Waals surface area contributed by atoms with Crippen LogP contribution in [-0.2, 0) is 0 Å². The maximum Gasteiger partial charge on any atom is 0.167 e. The monoisotopic (exact) mass is 253 g/mol. The van der Waals surface area contributed by atoms with E-state index in [0.717, 1.165) is 25.7 Å². The van der Waals surface area contributed by atoms with Crippen LogP contribution < -0.4 is 15.2 Å². The molecular formula is C14H20FNO2. The minimum atomic E-state index is -0.419. The van der Waals surface area contributed by atoms with Gasteiger partial charge in [0.1, 0.15) is 5.75 Å². The number of nitrogen functional groups attached to an aromatic ring is 1. The van der Waals surface area contributed by atoms with Crippen molar-refractivity contribution in [2.75, 3.05) is 12.8 Å². The van der Waals surface area contributed by atoms with Crippen LogP contribution in [0.1, 0.15) is 38.5 Å². The molecule has 18 heavy (non-hydrogen) atoms. The molecule has 2 N–H and O–H groups in total. The molecule has 0 heterocycles. The largest absolute Gasteiger partial charge is 0.494 e. The first kappa shape index (κ1) is 13.0. The molecule has 0 spiro atoms. The summed E-state index contributed by atoms with van der Waals surface area (Å²) in [5.41, 5.74) is 5.93. The van der Waals surface area contributed by atoms with Gasteiger partial charge in [-0.25, -0.2) is 4.39 Å². The van der Waals surface area contributed by atoms with Gasteiger partial charge in [0.2, 0.25) is 0 Å². The fourth-order valence-corrected chi connectivity index (χ4v) is 2.36. The van der Waals surface area contributed by atoms with Crippen molar-refractivity contribution in [2.45, 2.75) is 44.6 Å². The quantitative estimate of drug-likeness (QED) is 0.662. The van der Waals surface area contributed by atoms with Crippen LogP contribution in [0.4, 0.5) is 10.1 Å². The van der Waals surface area contributed by atoms with Crippen molar-refractivity contribution in [3.63, 3.8) is 0 Å². The molecule has 1 aromatic carbocycles. The second-order valence-corrected chi connectivity index (χ2v) is 4.76. The summed E-state index contributed by atoms with van der Waals surface area (Å²) in [6.07, 6.45) is 6.88. The molecule has 0 radical (unpaired) electrons. The molecule has 100 valence electrons. The molecule has 0 aliphatic heterocycles. The fraction of sp³-hybridized carbons (Fsp3) is 0.571. The van der Waals surface area contributed by atoms with Gasteiger partial charge in [0.05, 0.1) is 18.9 Å². The highest BCUT2D eigenvalue weighted by Crippen LogP contribution is 2.32. The number of nitrogens with two attached hydrogens (primary N) is 1. The Morgan fingerprint density at radius 2 is 1.78 bits per heavy atom. The average molecular weight is 253 g/mol. The van der Waals surface area contributed by atoms with Crippen molar-refractivity contribution in [3.8, 4) is 11.5 Å². The molecule has 1 fully saturated rings. The van der Waals surface area contributed by atoms with Gasteiger partial charge in [-0.1, -0.05) is 12.8 Å². The second kappa shape index (κ2) is 5.94. The van der Waals surface area contributed by atoms with E-state index in [0.29, 0.717) is 11.4 Å². The first-order chi connectivity index (χ1) is 8.70. The molecule has 1 aromatic rings. The van der Waals surface area contributed by atoms with E-state index in [-0.39, 0.29) is 11.9 Å². The maximum atomic E-state index is 13.8. The zero-order chi connectivity index (χ0) is 13.0. The lowest BCUT2D eigenvalue weighted by Gasteiger charge is -2.18. The Morgan fingerprint density at radius 1 is 1.11 bits per heavy atom. The summed E-state index contributed by atoms with van der Waals surface area (Å²) in [6, 6.07) is 2.79. The molecule has 0 bridgehead atoms. The van der Waals surface area contributed by atoms with Crippen LogP contribution in [0, 0.1) is 5.82 Å². The van der Waals surface area contributed by atoms with E-state index in [1.807, 2.05) is 0 Å². The Balaban J connectivity index is 2.12. The van der Waals surface area contributed by atoms with Crippen LogP contribution in [0.15, 0.2) is 12.1 Å². The molecule has 0 unspecified atom stereocenters. The first-order valence-corrected chi connectivity index (χ1v) is 6.50. The second-order valence-electron chi connectivity index (χ2n) is 4.76. The van der Waals surface area contributed by atoms with E-state index < -0.39 is 5.82 Å². The smallest absolute Gasteiger partial charge is 0.167 e. The molecule has 0 saturated heterocycles. The zero-order valence-corrected chi connectivity index (χ0v) is 10.7. The molecule has 0 atom stereocenters. The highest BCUT2D eigenvalue weighted by atomic mass is 19.1. The van der Waals surface area contributed by atoms with Crippen molar-refractivity contribution in [1.29, 1.82) is 0 Å². The number of methoxy groups -OCH3 is 1. The number of rotatable bonds is 3. The SMILES string of the molecule is COc1cc(OC2CCCCCC2)c(F)cc1N. The third-order valence-corrected chi connectivity index (χ3v) is 3.38. The van der Waals surface area contributed by atoms with Crippen molar-refractivity contribution < 1.29 is 13.9 Å². The van der Waals surface area contributed by atoms with Gasteiger partial charge in [0.15, 0.2) is 11.6 Å². The lowest BCUT2D eigenvalue weighted by atomic mass is 10.1. The summed E-state index contributed by atoms with van der Waals surface area (Å²) in [4.78, 5) is 0. The van der Waals surface area contributed by atoms with Crippen LogP contribution in [0.2, 0.25) is 0 Å².